The second kappa shape index (κ2) is 17.0. The van der Waals surface area contributed by atoms with Crippen molar-refractivity contribution < 1.29 is 14.3 Å². The quantitative estimate of drug-likeness (QED) is 0.168. The van der Waals surface area contributed by atoms with Crippen LogP contribution in [0.1, 0.15) is 82.6 Å². The lowest BCUT2D eigenvalue weighted by atomic mass is 10.0. The third-order valence-electron chi connectivity index (χ3n) is 7.08. The van der Waals surface area contributed by atoms with E-state index in [4.69, 9.17) is 4.74 Å². The summed E-state index contributed by atoms with van der Waals surface area (Å²) in [6, 6.07) is 6.25. The summed E-state index contributed by atoms with van der Waals surface area (Å²) in [6.45, 7) is 15.3. The molecule has 0 spiro atoms. The Morgan fingerprint density at radius 2 is 1.97 bits per heavy atom. The molecule has 6 heteroatoms. The van der Waals surface area contributed by atoms with Gasteiger partial charge in [0.2, 0.25) is 5.91 Å². The molecule has 1 atom stereocenters. The van der Waals surface area contributed by atoms with E-state index in [9.17, 15) is 9.59 Å². The lowest BCUT2D eigenvalue weighted by molar-refractivity contribution is -0.132. The molecule has 1 aromatic carbocycles. The molecule has 2 rings (SSSR count). The molecule has 1 heterocycles. The van der Waals surface area contributed by atoms with Gasteiger partial charge in [-0.05, 0) is 58.1 Å². The minimum absolute atomic E-state index is 0.158. The number of hydrogen-bond donors (Lipinski definition) is 0. The number of unbranched alkanes of at least 4 members (excludes halogenated alkanes) is 2. The summed E-state index contributed by atoms with van der Waals surface area (Å²) >= 11 is 0. The van der Waals surface area contributed by atoms with Crippen LogP contribution in [0.25, 0.3) is 0 Å². The summed E-state index contributed by atoms with van der Waals surface area (Å²) in [5.41, 5.74) is 4.23. The van der Waals surface area contributed by atoms with Crippen molar-refractivity contribution in [3.8, 4) is 0 Å². The van der Waals surface area contributed by atoms with E-state index in [-0.39, 0.29) is 11.9 Å². The number of anilines is 1. The number of carbonyl (C=O) groups is 2. The van der Waals surface area contributed by atoms with E-state index in [1.807, 2.05) is 24.0 Å². The van der Waals surface area contributed by atoms with Crippen LogP contribution >= 0.6 is 0 Å². The van der Waals surface area contributed by atoms with Crippen LogP contribution in [-0.2, 0) is 16.0 Å². The van der Waals surface area contributed by atoms with Gasteiger partial charge in [-0.15, -0.1) is 0 Å². The van der Waals surface area contributed by atoms with Crippen LogP contribution in [0, 0.1) is 0 Å². The molecule has 0 aromatic heterocycles. The largest absolute Gasteiger partial charge is 0.380 e. The average molecular weight is 512 g/mol. The lowest BCUT2D eigenvalue weighted by Gasteiger charge is -2.35. The average Bonchev–Trinajstić information content (AvgIpc) is 3.19. The molecule has 0 N–H and O–H groups in total. The number of rotatable bonds is 15. The molecule has 37 heavy (non-hydrogen) atoms. The SMILES string of the molecule is C/C=C/C(C)N(CCN(CC(=O)N1CCCOCC1)/C(C)=C/CC)c1cc(C=O)ccc1CCCCC. The van der Waals surface area contributed by atoms with Gasteiger partial charge in [0, 0.05) is 55.8 Å². The molecule has 0 saturated carbocycles. The van der Waals surface area contributed by atoms with Crippen LogP contribution < -0.4 is 4.90 Å². The summed E-state index contributed by atoms with van der Waals surface area (Å²) in [6.07, 6.45) is 13.7. The van der Waals surface area contributed by atoms with Gasteiger partial charge in [-0.1, -0.05) is 57.0 Å². The van der Waals surface area contributed by atoms with Crippen molar-refractivity contribution in [3.05, 3.63) is 53.3 Å². The Bertz CT molecular complexity index is 888. The van der Waals surface area contributed by atoms with Gasteiger partial charge in [0.15, 0.2) is 0 Å². The Kier molecular flexibility index (Phi) is 14.1. The molecular formula is C31H49N3O3. The molecule has 6 nitrogen and oxygen atoms in total. The number of benzene rings is 1. The molecule has 0 radical (unpaired) electrons. The Hall–Kier alpha value is -2.60. The van der Waals surface area contributed by atoms with Crippen molar-refractivity contribution in [3.63, 3.8) is 0 Å². The first-order chi connectivity index (χ1) is 17.9. The third-order valence-corrected chi connectivity index (χ3v) is 7.08. The van der Waals surface area contributed by atoms with Gasteiger partial charge in [0.1, 0.15) is 6.29 Å². The van der Waals surface area contributed by atoms with Crippen LogP contribution in [0.2, 0.25) is 0 Å². The standard InChI is InChI=1S/C31H49N3O3/c1-6-9-10-14-29-16-15-28(25-35)23-30(29)34(27(5)13-8-3)19-18-33(26(4)12-7-2)24-31(36)32-17-11-21-37-22-20-32/h8,12-13,15-16,23,25,27H,6-7,9-11,14,17-22,24H2,1-5H3/b13-8+,26-12+. The minimum Gasteiger partial charge on any atom is -0.380 e. The molecule has 1 aliphatic rings. The van der Waals surface area contributed by atoms with Gasteiger partial charge in [-0.3, -0.25) is 9.59 Å². The lowest BCUT2D eigenvalue weighted by Crippen LogP contribution is -2.44. The smallest absolute Gasteiger partial charge is 0.242 e. The van der Waals surface area contributed by atoms with E-state index in [1.165, 1.54) is 18.4 Å². The molecule has 0 aliphatic carbocycles. The fourth-order valence-corrected chi connectivity index (χ4v) is 4.92. The zero-order chi connectivity index (χ0) is 27.0. The van der Waals surface area contributed by atoms with E-state index in [0.717, 1.165) is 69.6 Å². The van der Waals surface area contributed by atoms with Gasteiger partial charge < -0.3 is 19.4 Å². The Morgan fingerprint density at radius 1 is 1.16 bits per heavy atom. The molecule has 1 saturated heterocycles. The molecule has 1 fully saturated rings. The molecule has 206 valence electrons. The molecule has 1 aromatic rings. The van der Waals surface area contributed by atoms with Gasteiger partial charge in [0.25, 0.3) is 0 Å². The maximum absolute atomic E-state index is 13.2. The third kappa shape index (κ3) is 9.99. The Morgan fingerprint density at radius 3 is 2.68 bits per heavy atom. The predicted octanol–water partition coefficient (Wildman–Crippen LogP) is 5.87. The normalized spacial score (nSPS) is 15.5. The highest BCUT2D eigenvalue weighted by Gasteiger charge is 2.22. The summed E-state index contributed by atoms with van der Waals surface area (Å²) in [5.74, 6) is 0.158. The number of amides is 1. The summed E-state index contributed by atoms with van der Waals surface area (Å²) < 4.78 is 5.55. The van der Waals surface area contributed by atoms with E-state index in [0.29, 0.717) is 25.3 Å². The maximum atomic E-state index is 13.2. The molecule has 1 aliphatic heterocycles. The van der Waals surface area contributed by atoms with Gasteiger partial charge in [-0.25, -0.2) is 0 Å². The molecule has 1 amide bonds. The van der Waals surface area contributed by atoms with Crippen molar-refractivity contribution in [2.24, 2.45) is 0 Å². The highest BCUT2D eigenvalue weighted by molar-refractivity contribution is 5.79. The van der Waals surface area contributed by atoms with Crippen LogP contribution in [0.4, 0.5) is 5.69 Å². The van der Waals surface area contributed by atoms with E-state index in [1.54, 1.807) is 0 Å². The van der Waals surface area contributed by atoms with Gasteiger partial charge in [0.05, 0.1) is 13.2 Å². The second-order valence-electron chi connectivity index (χ2n) is 9.94. The monoisotopic (exact) mass is 511 g/mol. The fraction of sp³-hybridized carbons (Fsp3) is 0.613. The fourth-order valence-electron chi connectivity index (χ4n) is 4.92. The van der Waals surface area contributed by atoms with Crippen molar-refractivity contribution in [1.82, 2.24) is 9.80 Å². The highest BCUT2D eigenvalue weighted by Crippen LogP contribution is 2.27. The zero-order valence-electron chi connectivity index (χ0n) is 23.9. The molecular weight excluding hydrogens is 462 g/mol. The second-order valence-corrected chi connectivity index (χ2v) is 9.94. The number of allylic oxidation sites excluding steroid dienone is 3. The number of ether oxygens (including phenoxy) is 1. The zero-order valence-corrected chi connectivity index (χ0v) is 23.9. The first-order valence-corrected chi connectivity index (χ1v) is 14.2. The van der Waals surface area contributed by atoms with Crippen molar-refractivity contribution in [2.75, 3.05) is 50.8 Å². The number of nitrogens with zero attached hydrogens (tertiary/aromatic N) is 3. The molecule has 0 bridgehead atoms. The van der Waals surface area contributed by atoms with Gasteiger partial charge >= 0.3 is 0 Å². The van der Waals surface area contributed by atoms with Crippen molar-refractivity contribution >= 4 is 17.9 Å². The summed E-state index contributed by atoms with van der Waals surface area (Å²) in [5, 5.41) is 0. The minimum atomic E-state index is 0.158. The summed E-state index contributed by atoms with van der Waals surface area (Å²) in [4.78, 5) is 31.5. The highest BCUT2D eigenvalue weighted by atomic mass is 16.5. The maximum Gasteiger partial charge on any atom is 0.242 e. The van der Waals surface area contributed by atoms with E-state index >= 15 is 0 Å². The van der Waals surface area contributed by atoms with Crippen LogP contribution in [0.5, 0.6) is 0 Å². The van der Waals surface area contributed by atoms with E-state index in [2.05, 4.69) is 61.8 Å². The topological polar surface area (TPSA) is 53.1 Å². The number of aryl methyl sites for hydroxylation is 1. The number of carbonyl (C=O) groups excluding carboxylic acids is 2. The van der Waals surface area contributed by atoms with Crippen molar-refractivity contribution in [2.45, 2.75) is 79.2 Å². The Labute approximate surface area is 225 Å². The number of aldehydes is 1. The first-order valence-electron chi connectivity index (χ1n) is 14.2. The number of hydrogen-bond acceptors (Lipinski definition) is 5. The van der Waals surface area contributed by atoms with Crippen LogP contribution in [0.3, 0.4) is 0 Å². The summed E-state index contributed by atoms with van der Waals surface area (Å²) in [7, 11) is 0. The van der Waals surface area contributed by atoms with Crippen LogP contribution in [-0.4, -0.2) is 74.0 Å². The van der Waals surface area contributed by atoms with Gasteiger partial charge in [-0.2, -0.15) is 0 Å². The van der Waals surface area contributed by atoms with E-state index < -0.39 is 0 Å². The Balaban J connectivity index is 2.31. The van der Waals surface area contributed by atoms with Crippen molar-refractivity contribution in [1.29, 1.82) is 0 Å². The predicted molar refractivity (Wildman–Crippen MR) is 154 cm³/mol. The molecule has 1 unspecified atom stereocenters. The first kappa shape index (κ1) is 30.6. The van der Waals surface area contributed by atoms with Crippen LogP contribution in [0.15, 0.2) is 42.1 Å².